The average molecular weight is 397 g/mol. The first-order valence-corrected chi connectivity index (χ1v) is 10.9. The van der Waals surface area contributed by atoms with E-state index in [2.05, 4.69) is 27.1 Å². The molecule has 0 saturated carbocycles. The maximum Gasteiger partial charge on any atom is 0.330 e. The lowest BCUT2D eigenvalue weighted by molar-refractivity contribution is -0.910. The molecule has 0 aliphatic rings. The second-order valence-electron chi connectivity index (χ2n) is 7.72. The van der Waals surface area contributed by atoms with E-state index in [9.17, 15) is 9.59 Å². The predicted molar refractivity (Wildman–Crippen MR) is 115 cm³/mol. The van der Waals surface area contributed by atoms with Gasteiger partial charge in [-0.05, 0) is 12.8 Å². The molecule has 162 valence electrons. The molecule has 0 aliphatic carbocycles. The first-order valence-electron chi connectivity index (χ1n) is 10.9. The summed E-state index contributed by atoms with van der Waals surface area (Å²) in [7, 11) is 2.12. The molecule has 28 heavy (non-hydrogen) atoms. The summed E-state index contributed by atoms with van der Waals surface area (Å²) in [6, 6.07) is 0. The second kappa shape index (κ2) is 17.5. The van der Waals surface area contributed by atoms with E-state index in [-0.39, 0.29) is 0 Å². The number of esters is 2. The molecule has 0 atom stereocenters. The first-order chi connectivity index (χ1) is 13.5. The molecule has 0 amide bonds. The van der Waals surface area contributed by atoms with Crippen LogP contribution in [0.1, 0.15) is 71.1 Å². The van der Waals surface area contributed by atoms with Crippen molar-refractivity contribution in [2.75, 3.05) is 39.9 Å². The Bertz CT molecular complexity index is 422. The molecule has 0 saturated heterocycles. The van der Waals surface area contributed by atoms with E-state index in [0.29, 0.717) is 30.8 Å². The SMILES string of the molecule is C=CC(=O)OCC[N+](C)(CCCCCCCCCCCC)CCOC(=O)C=C. The Labute approximate surface area is 172 Å². The van der Waals surface area contributed by atoms with Gasteiger partial charge in [-0.3, -0.25) is 0 Å². The van der Waals surface area contributed by atoms with E-state index in [1.807, 2.05) is 0 Å². The van der Waals surface area contributed by atoms with Crippen LogP contribution in [0, 0.1) is 0 Å². The van der Waals surface area contributed by atoms with Gasteiger partial charge in [0.05, 0.1) is 13.6 Å². The largest absolute Gasteiger partial charge is 0.457 e. The number of rotatable bonds is 19. The summed E-state index contributed by atoms with van der Waals surface area (Å²) in [4.78, 5) is 22.5. The van der Waals surface area contributed by atoms with Crippen molar-refractivity contribution in [1.29, 1.82) is 0 Å². The third-order valence-corrected chi connectivity index (χ3v) is 5.14. The summed E-state index contributed by atoms with van der Waals surface area (Å²) in [5.74, 6) is -0.799. The smallest absolute Gasteiger partial charge is 0.330 e. The van der Waals surface area contributed by atoms with Gasteiger partial charge in [0.25, 0.3) is 0 Å². The Morgan fingerprint density at radius 2 is 1.11 bits per heavy atom. The normalized spacial score (nSPS) is 11.1. The van der Waals surface area contributed by atoms with Crippen LogP contribution in [0.15, 0.2) is 25.3 Å². The fraction of sp³-hybridized carbons (Fsp3) is 0.739. The molecule has 0 N–H and O–H groups in total. The van der Waals surface area contributed by atoms with E-state index in [0.717, 1.165) is 13.0 Å². The molecule has 0 aromatic heterocycles. The quantitative estimate of drug-likeness (QED) is 0.136. The maximum absolute atomic E-state index is 11.3. The monoisotopic (exact) mass is 396 g/mol. The van der Waals surface area contributed by atoms with Gasteiger partial charge in [0, 0.05) is 12.2 Å². The van der Waals surface area contributed by atoms with Crippen molar-refractivity contribution in [3.8, 4) is 0 Å². The van der Waals surface area contributed by atoms with Gasteiger partial charge in [0.15, 0.2) is 0 Å². The van der Waals surface area contributed by atoms with Gasteiger partial charge in [-0.25, -0.2) is 9.59 Å². The van der Waals surface area contributed by atoms with Crippen LogP contribution in [0.2, 0.25) is 0 Å². The lowest BCUT2D eigenvalue weighted by Gasteiger charge is -2.34. The topological polar surface area (TPSA) is 52.6 Å². The molecule has 0 aromatic carbocycles. The van der Waals surface area contributed by atoms with Crippen molar-refractivity contribution >= 4 is 11.9 Å². The molecule has 0 heterocycles. The minimum absolute atomic E-state index is 0.342. The third kappa shape index (κ3) is 15.4. The zero-order chi connectivity index (χ0) is 21.1. The number of carbonyl (C=O) groups is 2. The lowest BCUT2D eigenvalue weighted by atomic mass is 10.1. The lowest BCUT2D eigenvalue weighted by Crippen LogP contribution is -2.49. The van der Waals surface area contributed by atoms with E-state index >= 15 is 0 Å². The standard InChI is InChI=1S/C23H42NO4/c1-5-8-9-10-11-12-13-14-15-16-17-24(4,18-20-27-22(25)6-2)19-21-28-23(26)7-3/h6-7H,2-3,5,8-21H2,1,4H3/q+1. The Morgan fingerprint density at radius 1 is 0.714 bits per heavy atom. The highest BCUT2D eigenvalue weighted by Crippen LogP contribution is 2.12. The van der Waals surface area contributed by atoms with Crippen LogP contribution < -0.4 is 0 Å². The number of hydrogen-bond acceptors (Lipinski definition) is 4. The van der Waals surface area contributed by atoms with Gasteiger partial charge in [-0.15, -0.1) is 0 Å². The summed E-state index contributed by atoms with van der Waals surface area (Å²) < 4.78 is 11.0. The zero-order valence-electron chi connectivity index (χ0n) is 18.3. The average Bonchev–Trinajstić information content (AvgIpc) is 2.69. The second-order valence-corrected chi connectivity index (χ2v) is 7.72. The molecule has 0 aromatic rings. The summed E-state index contributed by atoms with van der Waals surface area (Å²) in [6.07, 6.45) is 15.4. The van der Waals surface area contributed by atoms with Crippen LogP contribution in [0.25, 0.3) is 0 Å². The summed E-state index contributed by atoms with van der Waals surface area (Å²) in [6.45, 7) is 12.1. The summed E-state index contributed by atoms with van der Waals surface area (Å²) in [5.41, 5.74) is 0. The zero-order valence-corrected chi connectivity index (χ0v) is 18.3. The molecule has 0 fully saturated rings. The molecule has 0 radical (unpaired) electrons. The minimum Gasteiger partial charge on any atom is -0.457 e. The maximum atomic E-state index is 11.3. The van der Waals surface area contributed by atoms with Crippen LogP contribution in [0.4, 0.5) is 0 Å². The fourth-order valence-corrected chi connectivity index (χ4v) is 3.17. The van der Waals surface area contributed by atoms with Gasteiger partial charge in [0.1, 0.15) is 26.3 Å². The van der Waals surface area contributed by atoms with E-state index in [1.54, 1.807) is 0 Å². The Kier molecular flexibility index (Phi) is 16.5. The number of nitrogens with zero attached hydrogens (tertiary/aromatic N) is 1. The van der Waals surface area contributed by atoms with Crippen LogP contribution in [-0.2, 0) is 19.1 Å². The molecule has 5 nitrogen and oxygen atoms in total. The van der Waals surface area contributed by atoms with Crippen molar-refractivity contribution in [3.05, 3.63) is 25.3 Å². The highest BCUT2D eigenvalue weighted by molar-refractivity contribution is 5.81. The molecular weight excluding hydrogens is 354 g/mol. The highest BCUT2D eigenvalue weighted by atomic mass is 16.5. The van der Waals surface area contributed by atoms with Crippen LogP contribution in [0.5, 0.6) is 0 Å². The highest BCUT2D eigenvalue weighted by Gasteiger charge is 2.22. The minimum atomic E-state index is -0.399. The van der Waals surface area contributed by atoms with Crippen LogP contribution in [-0.4, -0.2) is 56.3 Å². The van der Waals surface area contributed by atoms with Crippen molar-refractivity contribution < 1.29 is 23.5 Å². The number of quaternary nitrogens is 1. The fourth-order valence-electron chi connectivity index (χ4n) is 3.17. The Balaban J connectivity index is 4.10. The number of unbranched alkanes of at least 4 members (excludes halogenated alkanes) is 9. The van der Waals surface area contributed by atoms with E-state index in [1.165, 1.54) is 69.9 Å². The molecule has 0 rings (SSSR count). The number of carbonyl (C=O) groups excluding carboxylic acids is 2. The predicted octanol–water partition coefficient (Wildman–Crippen LogP) is 4.81. The van der Waals surface area contributed by atoms with Gasteiger partial charge >= 0.3 is 11.9 Å². The van der Waals surface area contributed by atoms with Gasteiger partial charge in [0.2, 0.25) is 0 Å². The molecule has 0 unspecified atom stereocenters. The van der Waals surface area contributed by atoms with Crippen LogP contribution in [0.3, 0.4) is 0 Å². The van der Waals surface area contributed by atoms with E-state index in [4.69, 9.17) is 9.47 Å². The molecule has 0 bridgehead atoms. The number of likely N-dealkylation sites (N-methyl/N-ethyl adjacent to an activating group) is 1. The third-order valence-electron chi connectivity index (χ3n) is 5.14. The van der Waals surface area contributed by atoms with Gasteiger partial charge in [-0.2, -0.15) is 0 Å². The Morgan fingerprint density at radius 3 is 1.50 bits per heavy atom. The van der Waals surface area contributed by atoms with E-state index < -0.39 is 11.9 Å². The van der Waals surface area contributed by atoms with Crippen molar-refractivity contribution in [2.45, 2.75) is 71.1 Å². The van der Waals surface area contributed by atoms with Gasteiger partial charge < -0.3 is 14.0 Å². The summed E-state index contributed by atoms with van der Waals surface area (Å²) in [5, 5.41) is 0. The molecule has 0 aliphatic heterocycles. The number of ether oxygens (including phenoxy) is 2. The van der Waals surface area contributed by atoms with Gasteiger partial charge in [-0.1, -0.05) is 71.4 Å². The Hall–Kier alpha value is -1.62. The molecule has 5 heteroatoms. The first kappa shape index (κ1) is 26.4. The van der Waals surface area contributed by atoms with Crippen molar-refractivity contribution in [3.63, 3.8) is 0 Å². The van der Waals surface area contributed by atoms with Crippen LogP contribution >= 0.6 is 0 Å². The number of hydrogen-bond donors (Lipinski definition) is 0. The van der Waals surface area contributed by atoms with Crippen molar-refractivity contribution in [2.24, 2.45) is 0 Å². The van der Waals surface area contributed by atoms with Crippen molar-refractivity contribution in [1.82, 2.24) is 0 Å². The molecular formula is C23H42NO4+. The molecule has 0 spiro atoms. The summed E-state index contributed by atoms with van der Waals surface area (Å²) >= 11 is 0.